The van der Waals surface area contributed by atoms with Crippen molar-refractivity contribution in [2.45, 2.75) is 18.9 Å². The molecule has 0 radical (unpaired) electrons. The molecule has 4 heteroatoms. The van der Waals surface area contributed by atoms with Crippen molar-refractivity contribution in [2.24, 2.45) is 5.92 Å². The number of rotatable bonds is 4. The largest absolute Gasteiger partial charge is 0.485 e. The fraction of sp³-hybridized carbons (Fsp3) is 0.333. The van der Waals surface area contributed by atoms with Crippen LogP contribution in [0.25, 0.3) is 0 Å². The first-order valence-corrected chi connectivity index (χ1v) is 7.51. The Morgan fingerprint density at radius 3 is 2.41 bits per heavy atom. The van der Waals surface area contributed by atoms with E-state index in [4.69, 9.17) is 4.74 Å². The summed E-state index contributed by atoms with van der Waals surface area (Å²) in [7, 11) is 0. The molecule has 118 valence electrons. The lowest BCUT2D eigenvalue weighted by atomic mass is 9.88. The molecular formula is C18H21ClFNO. The summed E-state index contributed by atoms with van der Waals surface area (Å²) in [6.07, 6.45) is 2.14. The number of hydrogen-bond donors (Lipinski definition) is 1. The third kappa shape index (κ3) is 4.21. The average Bonchev–Trinajstić information content (AvgIpc) is 2.54. The van der Waals surface area contributed by atoms with Crippen molar-refractivity contribution in [3.05, 3.63) is 66.0 Å². The lowest BCUT2D eigenvalue weighted by Gasteiger charge is -2.31. The first-order valence-electron chi connectivity index (χ1n) is 7.51. The molecule has 2 aromatic rings. The second-order valence-electron chi connectivity index (χ2n) is 5.49. The zero-order valence-electron chi connectivity index (χ0n) is 12.4. The van der Waals surface area contributed by atoms with Gasteiger partial charge in [0.25, 0.3) is 0 Å². The highest BCUT2D eigenvalue weighted by Gasteiger charge is 2.26. The Morgan fingerprint density at radius 1 is 1.00 bits per heavy atom. The SMILES string of the molecule is Cl.Fc1cccc(O[C@H](c2ccccc2)C2CCNCC2)c1. The first kappa shape index (κ1) is 16.8. The lowest BCUT2D eigenvalue weighted by Crippen LogP contribution is -2.32. The van der Waals surface area contributed by atoms with E-state index in [9.17, 15) is 4.39 Å². The number of benzene rings is 2. The van der Waals surface area contributed by atoms with Crippen LogP contribution in [0.5, 0.6) is 5.75 Å². The van der Waals surface area contributed by atoms with Crippen LogP contribution in [0.4, 0.5) is 4.39 Å². The molecule has 2 aromatic carbocycles. The highest BCUT2D eigenvalue weighted by molar-refractivity contribution is 5.85. The van der Waals surface area contributed by atoms with Crippen molar-refractivity contribution in [1.29, 1.82) is 0 Å². The van der Waals surface area contributed by atoms with Crippen molar-refractivity contribution in [1.82, 2.24) is 5.32 Å². The molecule has 1 saturated heterocycles. The van der Waals surface area contributed by atoms with Gasteiger partial charge in [-0.3, -0.25) is 0 Å². The molecule has 3 rings (SSSR count). The Labute approximate surface area is 137 Å². The maximum Gasteiger partial charge on any atom is 0.127 e. The molecule has 0 unspecified atom stereocenters. The summed E-state index contributed by atoms with van der Waals surface area (Å²) >= 11 is 0. The van der Waals surface area contributed by atoms with Crippen LogP contribution >= 0.6 is 12.4 Å². The predicted octanol–water partition coefficient (Wildman–Crippen LogP) is 4.37. The molecule has 0 aromatic heterocycles. The molecule has 0 spiro atoms. The van der Waals surface area contributed by atoms with Gasteiger partial charge in [-0.15, -0.1) is 12.4 Å². The van der Waals surface area contributed by atoms with Gasteiger partial charge < -0.3 is 10.1 Å². The maximum atomic E-state index is 13.4. The van der Waals surface area contributed by atoms with Crippen molar-refractivity contribution in [3.63, 3.8) is 0 Å². The second-order valence-corrected chi connectivity index (χ2v) is 5.49. The van der Waals surface area contributed by atoms with Gasteiger partial charge in [0.15, 0.2) is 0 Å². The Kier molecular flexibility index (Phi) is 6.22. The predicted molar refractivity (Wildman–Crippen MR) is 89.1 cm³/mol. The van der Waals surface area contributed by atoms with Crippen molar-refractivity contribution >= 4 is 12.4 Å². The van der Waals surface area contributed by atoms with Gasteiger partial charge in [0.05, 0.1) is 0 Å². The van der Waals surface area contributed by atoms with E-state index < -0.39 is 0 Å². The molecule has 0 aliphatic carbocycles. The summed E-state index contributed by atoms with van der Waals surface area (Å²) in [5, 5.41) is 3.38. The molecule has 1 fully saturated rings. The number of ether oxygens (including phenoxy) is 1. The Bertz CT molecular complexity index is 572. The fourth-order valence-corrected chi connectivity index (χ4v) is 2.91. The molecule has 1 atom stereocenters. The van der Waals surface area contributed by atoms with Gasteiger partial charge in [-0.05, 0) is 43.6 Å². The molecular weight excluding hydrogens is 301 g/mol. The number of hydrogen-bond acceptors (Lipinski definition) is 2. The van der Waals surface area contributed by atoms with Gasteiger partial charge in [-0.1, -0.05) is 36.4 Å². The minimum absolute atomic E-state index is 0. The third-order valence-electron chi connectivity index (χ3n) is 4.00. The van der Waals surface area contributed by atoms with Gasteiger partial charge in [0, 0.05) is 12.0 Å². The molecule has 0 bridgehead atoms. The van der Waals surface area contributed by atoms with Crippen molar-refractivity contribution < 1.29 is 9.13 Å². The summed E-state index contributed by atoms with van der Waals surface area (Å²) in [5.74, 6) is 0.795. The second kappa shape index (κ2) is 8.16. The summed E-state index contributed by atoms with van der Waals surface area (Å²) in [6, 6.07) is 16.6. The molecule has 1 aliphatic heterocycles. The molecule has 2 nitrogen and oxygen atoms in total. The van der Waals surface area contributed by atoms with Crippen LogP contribution < -0.4 is 10.1 Å². The third-order valence-corrected chi connectivity index (χ3v) is 4.00. The van der Waals surface area contributed by atoms with E-state index in [1.165, 1.54) is 12.1 Å². The van der Waals surface area contributed by atoms with Crippen molar-refractivity contribution in [3.8, 4) is 5.75 Å². The lowest BCUT2D eigenvalue weighted by molar-refractivity contribution is 0.112. The summed E-state index contributed by atoms with van der Waals surface area (Å²) in [4.78, 5) is 0. The molecule has 0 saturated carbocycles. The topological polar surface area (TPSA) is 21.3 Å². The molecule has 0 amide bonds. The molecule has 1 N–H and O–H groups in total. The molecule has 1 heterocycles. The number of nitrogens with one attached hydrogen (secondary N) is 1. The van der Waals surface area contributed by atoms with Gasteiger partial charge in [-0.25, -0.2) is 4.39 Å². The van der Waals surface area contributed by atoms with E-state index in [1.807, 2.05) is 24.3 Å². The van der Waals surface area contributed by atoms with E-state index in [0.29, 0.717) is 11.7 Å². The highest BCUT2D eigenvalue weighted by Crippen LogP contribution is 2.33. The Hall–Kier alpha value is -1.58. The zero-order chi connectivity index (χ0) is 14.5. The first-order chi connectivity index (χ1) is 10.3. The summed E-state index contributed by atoms with van der Waals surface area (Å²) in [6.45, 7) is 2.03. The van der Waals surface area contributed by atoms with Crippen LogP contribution in [0.3, 0.4) is 0 Å². The van der Waals surface area contributed by atoms with Gasteiger partial charge in [-0.2, -0.15) is 0 Å². The average molecular weight is 322 g/mol. The standard InChI is InChI=1S/C18H20FNO.ClH/c19-16-7-4-8-17(13-16)21-18(14-5-2-1-3-6-14)15-9-11-20-12-10-15;/h1-8,13,15,18,20H,9-12H2;1H/t18-;/m1./s1. The fourth-order valence-electron chi connectivity index (χ4n) is 2.91. The van der Waals surface area contributed by atoms with Crippen molar-refractivity contribution in [2.75, 3.05) is 13.1 Å². The summed E-state index contributed by atoms with van der Waals surface area (Å²) < 4.78 is 19.5. The van der Waals surface area contributed by atoms with E-state index >= 15 is 0 Å². The van der Waals surface area contributed by atoms with Crippen LogP contribution in [0.15, 0.2) is 54.6 Å². The number of halogens is 2. The van der Waals surface area contributed by atoms with Crippen LogP contribution in [-0.2, 0) is 0 Å². The highest BCUT2D eigenvalue weighted by atomic mass is 35.5. The maximum absolute atomic E-state index is 13.4. The molecule has 1 aliphatic rings. The Morgan fingerprint density at radius 2 is 1.73 bits per heavy atom. The van der Waals surface area contributed by atoms with Crippen LogP contribution in [0, 0.1) is 11.7 Å². The van der Waals surface area contributed by atoms with Gasteiger partial charge >= 0.3 is 0 Å². The number of piperidine rings is 1. The van der Waals surface area contributed by atoms with Crippen LogP contribution in [0.2, 0.25) is 0 Å². The molecule has 22 heavy (non-hydrogen) atoms. The van der Waals surface area contributed by atoms with E-state index in [0.717, 1.165) is 31.5 Å². The Balaban J connectivity index is 0.00000176. The smallest absolute Gasteiger partial charge is 0.127 e. The van der Waals surface area contributed by atoms with Gasteiger partial charge in [0.1, 0.15) is 17.7 Å². The minimum Gasteiger partial charge on any atom is -0.485 e. The quantitative estimate of drug-likeness (QED) is 0.903. The summed E-state index contributed by atoms with van der Waals surface area (Å²) in [5.41, 5.74) is 1.16. The monoisotopic (exact) mass is 321 g/mol. The van der Waals surface area contributed by atoms with E-state index in [2.05, 4.69) is 17.4 Å². The van der Waals surface area contributed by atoms with Crippen LogP contribution in [-0.4, -0.2) is 13.1 Å². The van der Waals surface area contributed by atoms with Gasteiger partial charge in [0.2, 0.25) is 0 Å². The van der Waals surface area contributed by atoms with E-state index in [-0.39, 0.29) is 24.3 Å². The minimum atomic E-state index is -0.260. The normalized spacial score (nSPS) is 16.6. The van der Waals surface area contributed by atoms with E-state index in [1.54, 1.807) is 6.07 Å². The zero-order valence-corrected chi connectivity index (χ0v) is 13.2. The van der Waals surface area contributed by atoms with Crippen LogP contribution in [0.1, 0.15) is 24.5 Å².